The first kappa shape index (κ1) is 9.97. The maximum atomic E-state index is 11.0. The van der Waals surface area contributed by atoms with E-state index >= 15 is 0 Å². The highest BCUT2D eigenvalue weighted by Gasteiger charge is 2.38. The molecule has 0 radical (unpaired) electrons. The Balaban J connectivity index is 2.05. The van der Waals surface area contributed by atoms with Gasteiger partial charge in [0.25, 0.3) is 0 Å². The number of rotatable bonds is 2. The van der Waals surface area contributed by atoms with Crippen LogP contribution in [0.4, 0.5) is 0 Å². The number of aliphatic carboxylic acids is 1. The number of hydrogen-bond acceptors (Lipinski definition) is 2. The molecule has 3 atom stereocenters. The third-order valence-electron chi connectivity index (χ3n) is 3.82. The third-order valence-corrected chi connectivity index (χ3v) is 3.82. The molecule has 1 aliphatic carbocycles. The molecule has 2 rings (SSSR count). The molecular formula is C11H19NO2. The van der Waals surface area contributed by atoms with E-state index in [2.05, 4.69) is 11.8 Å². The maximum Gasteiger partial charge on any atom is 0.320 e. The Morgan fingerprint density at radius 2 is 2.07 bits per heavy atom. The third kappa shape index (κ3) is 1.65. The van der Waals surface area contributed by atoms with Crippen molar-refractivity contribution in [3.63, 3.8) is 0 Å². The van der Waals surface area contributed by atoms with Gasteiger partial charge in [-0.25, -0.2) is 0 Å². The van der Waals surface area contributed by atoms with Crippen LogP contribution in [-0.2, 0) is 4.79 Å². The maximum absolute atomic E-state index is 11.0. The molecule has 1 saturated carbocycles. The molecule has 3 heteroatoms. The zero-order valence-corrected chi connectivity index (χ0v) is 8.78. The fourth-order valence-corrected chi connectivity index (χ4v) is 3.07. The minimum atomic E-state index is -0.624. The van der Waals surface area contributed by atoms with Crippen molar-refractivity contribution in [2.75, 3.05) is 6.54 Å². The molecule has 1 saturated heterocycles. The van der Waals surface area contributed by atoms with Crippen LogP contribution in [0.5, 0.6) is 0 Å². The predicted octanol–water partition coefficient (Wildman–Crippen LogP) is 1.72. The molecule has 0 bridgehead atoms. The summed E-state index contributed by atoms with van der Waals surface area (Å²) in [6.07, 6.45) is 5.64. The van der Waals surface area contributed by atoms with Crippen LogP contribution in [0.1, 0.15) is 39.0 Å². The lowest BCUT2D eigenvalue weighted by Crippen LogP contribution is -2.44. The van der Waals surface area contributed by atoms with Gasteiger partial charge in [-0.3, -0.25) is 9.69 Å². The molecule has 14 heavy (non-hydrogen) atoms. The van der Waals surface area contributed by atoms with Crippen molar-refractivity contribution in [3.05, 3.63) is 0 Å². The number of likely N-dealkylation sites (tertiary alicyclic amines) is 1. The molecule has 1 N–H and O–H groups in total. The van der Waals surface area contributed by atoms with Gasteiger partial charge in [-0.2, -0.15) is 0 Å². The summed E-state index contributed by atoms with van der Waals surface area (Å²) in [4.78, 5) is 13.3. The summed E-state index contributed by atoms with van der Waals surface area (Å²) in [7, 11) is 0. The van der Waals surface area contributed by atoms with Crippen LogP contribution in [0.15, 0.2) is 0 Å². The molecule has 1 aliphatic heterocycles. The van der Waals surface area contributed by atoms with Crippen LogP contribution in [0.2, 0.25) is 0 Å². The molecule has 3 unspecified atom stereocenters. The highest BCUT2D eigenvalue weighted by Crippen LogP contribution is 2.34. The molecule has 3 nitrogen and oxygen atoms in total. The molecule has 0 spiro atoms. The van der Waals surface area contributed by atoms with Gasteiger partial charge in [0, 0.05) is 6.04 Å². The van der Waals surface area contributed by atoms with Gasteiger partial charge in [-0.1, -0.05) is 13.3 Å². The van der Waals surface area contributed by atoms with Gasteiger partial charge >= 0.3 is 5.97 Å². The van der Waals surface area contributed by atoms with E-state index in [-0.39, 0.29) is 6.04 Å². The minimum Gasteiger partial charge on any atom is -0.480 e. The SMILES string of the molecule is CC1CCCC1N1CCCC1C(=O)O. The molecular weight excluding hydrogens is 178 g/mol. The highest BCUT2D eigenvalue weighted by molar-refractivity contribution is 5.73. The van der Waals surface area contributed by atoms with Crippen molar-refractivity contribution < 1.29 is 9.90 Å². The lowest BCUT2D eigenvalue weighted by molar-refractivity contribution is -0.143. The Kier molecular flexibility index (Phi) is 2.77. The second-order valence-corrected chi connectivity index (χ2v) is 4.71. The Morgan fingerprint density at radius 1 is 1.29 bits per heavy atom. The Bertz CT molecular complexity index is 229. The monoisotopic (exact) mass is 197 g/mol. The van der Waals surface area contributed by atoms with E-state index in [1.165, 1.54) is 19.3 Å². The van der Waals surface area contributed by atoms with Crippen LogP contribution < -0.4 is 0 Å². The summed E-state index contributed by atoms with van der Waals surface area (Å²) in [5.41, 5.74) is 0. The normalized spacial score (nSPS) is 39.1. The topological polar surface area (TPSA) is 40.5 Å². The summed E-state index contributed by atoms with van der Waals surface area (Å²) < 4.78 is 0. The van der Waals surface area contributed by atoms with E-state index < -0.39 is 5.97 Å². The molecule has 0 aromatic rings. The van der Waals surface area contributed by atoms with E-state index in [0.717, 1.165) is 19.4 Å². The van der Waals surface area contributed by atoms with Crippen molar-refractivity contribution in [1.29, 1.82) is 0 Å². The predicted molar refractivity (Wildman–Crippen MR) is 54.2 cm³/mol. The Hall–Kier alpha value is -0.570. The lowest BCUT2D eigenvalue weighted by atomic mass is 10.0. The average Bonchev–Trinajstić information content (AvgIpc) is 2.70. The van der Waals surface area contributed by atoms with E-state index in [1.807, 2.05) is 0 Å². The molecule has 1 heterocycles. The summed E-state index contributed by atoms with van der Waals surface area (Å²) in [5.74, 6) is 0.0663. The first-order valence-corrected chi connectivity index (χ1v) is 5.68. The summed E-state index contributed by atoms with van der Waals surface area (Å²) in [5, 5.41) is 9.09. The van der Waals surface area contributed by atoms with Crippen LogP contribution in [0.25, 0.3) is 0 Å². The first-order valence-electron chi connectivity index (χ1n) is 5.68. The molecule has 2 aliphatic rings. The van der Waals surface area contributed by atoms with Gasteiger partial charge < -0.3 is 5.11 Å². The Morgan fingerprint density at radius 3 is 2.64 bits per heavy atom. The van der Waals surface area contributed by atoms with Crippen molar-refractivity contribution in [3.8, 4) is 0 Å². The number of carbonyl (C=O) groups is 1. The molecule has 2 fully saturated rings. The standard InChI is InChI=1S/C11H19NO2/c1-8-4-2-5-9(8)12-7-3-6-10(12)11(13)14/h8-10H,2-7H2,1H3,(H,13,14). The summed E-state index contributed by atoms with van der Waals surface area (Å²) in [6, 6.07) is 0.346. The first-order chi connectivity index (χ1) is 6.70. The number of hydrogen-bond donors (Lipinski definition) is 1. The highest BCUT2D eigenvalue weighted by atomic mass is 16.4. The fourth-order valence-electron chi connectivity index (χ4n) is 3.07. The fraction of sp³-hybridized carbons (Fsp3) is 0.909. The zero-order chi connectivity index (χ0) is 10.1. The number of carboxylic acid groups (broad SMARTS) is 1. The smallest absolute Gasteiger partial charge is 0.320 e. The van der Waals surface area contributed by atoms with E-state index in [9.17, 15) is 4.79 Å². The molecule has 0 aromatic heterocycles. The van der Waals surface area contributed by atoms with Crippen molar-refractivity contribution in [2.24, 2.45) is 5.92 Å². The lowest BCUT2D eigenvalue weighted by Gasteiger charge is -2.30. The summed E-state index contributed by atoms with van der Waals surface area (Å²) in [6.45, 7) is 3.25. The van der Waals surface area contributed by atoms with Crippen molar-refractivity contribution in [1.82, 2.24) is 4.90 Å². The minimum absolute atomic E-state index is 0.194. The Labute approximate surface area is 85.1 Å². The van der Waals surface area contributed by atoms with Gasteiger partial charge in [-0.15, -0.1) is 0 Å². The number of carboxylic acids is 1. The largest absolute Gasteiger partial charge is 0.480 e. The second-order valence-electron chi connectivity index (χ2n) is 4.71. The van der Waals surface area contributed by atoms with Gasteiger partial charge in [0.1, 0.15) is 6.04 Å². The molecule has 0 amide bonds. The summed E-state index contributed by atoms with van der Waals surface area (Å²) >= 11 is 0. The van der Waals surface area contributed by atoms with Crippen LogP contribution in [0, 0.1) is 5.92 Å². The van der Waals surface area contributed by atoms with Gasteiger partial charge in [0.05, 0.1) is 0 Å². The van der Waals surface area contributed by atoms with Crippen molar-refractivity contribution >= 4 is 5.97 Å². The zero-order valence-electron chi connectivity index (χ0n) is 8.78. The van der Waals surface area contributed by atoms with Crippen LogP contribution in [-0.4, -0.2) is 34.6 Å². The number of nitrogens with zero attached hydrogens (tertiary/aromatic N) is 1. The average molecular weight is 197 g/mol. The van der Waals surface area contributed by atoms with E-state index in [4.69, 9.17) is 5.11 Å². The van der Waals surface area contributed by atoms with Gasteiger partial charge in [-0.05, 0) is 38.1 Å². The second kappa shape index (κ2) is 3.89. The molecule has 80 valence electrons. The van der Waals surface area contributed by atoms with Gasteiger partial charge in [0.2, 0.25) is 0 Å². The quantitative estimate of drug-likeness (QED) is 0.732. The van der Waals surface area contributed by atoms with Gasteiger partial charge in [0.15, 0.2) is 0 Å². The van der Waals surface area contributed by atoms with Crippen LogP contribution >= 0.6 is 0 Å². The van der Waals surface area contributed by atoms with E-state index in [1.54, 1.807) is 0 Å². The van der Waals surface area contributed by atoms with E-state index in [0.29, 0.717) is 12.0 Å². The van der Waals surface area contributed by atoms with Crippen LogP contribution in [0.3, 0.4) is 0 Å². The molecule has 0 aromatic carbocycles. The van der Waals surface area contributed by atoms with Crippen molar-refractivity contribution in [2.45, 2.75) is 51.1 Å².